The number of methoxy groups -OCH3 is 1. The van der Waals surface area contributed by atoms with E-state index in [-0.39, 0.29) is 25.2 Å². The van der Waals surface area contributed by atoms with Crippen LogP contribution in [-0.4, -0.2) is 50.2 Å². The van der Waals surface area contributed by atoms with Crippen LogP contribution in [-0.2, 0) is 16.1 Å². The summed E-state index contributed by atoms with van der Waals surface area (Å²) in [6.07, 6.45) is 8.33. The molecule has 0 spiro atoms. The van der Waals surface area contributed by atoms with Crippen LogP contribution in [0.4, 0.5) is 0 Å². The van der Waals surface area contributed by atoms with E-state index in [1.165, 1.54) is 41.1 Å². The minimum absolute atomic E-state index is 0. The Kier molecular flexibility index (Phi) is 11.4. The molecular formula is C24H26Br2N4O6. The molecule has 36 heavy (non-hydrogen) atoms. The van der Waals surface area contributed by atoms with Gasteiger partial charge in [0.05, 0.1) is 19.3 Å². The summed E-state index contributed by atoms with van der Waals surface area (Å²) in [5.41, 5.74) is 0.565. The third-order valence-electron chi connectivity index (χ3n) is 4.82. The smallest absolute Gasteiger partial charge is 0.345 e. The lowest BCUT2D eigenvalue weighted by Crippen LogP contribution is -2.23. The summed E-state index contributed by atoms with van der Waals surface area (Å²) in [6, 6.07) is 6.86. The maximum Gasteiger partial charge on any atom is 0.345 e. The Morgan fingerprint density at radius 1 is 1.00 bits per heavy atom. The molecule has 1 saturated heterocycles. The molecule has 0 amide bonds. The molecule has 0 unspecified atom stereocenters. The van der Waals surface area contributed by atoms with Gasteiger partial charge in [0.25, 0.3) is 11.1 Å². The second-order valence-corrected chi connectivity index (χ2v) is 9.01. The minimum atomic E-state index is -0.685. The first-order valence-electron chi connectivity index (χ1n) is 10.5. The standard InChI is InChI=1S/C10H7BrN2O3.C9H7BrN2O2.C4H8O.CH4/c1-16-10(15)7-5-12-8-4-6(11)2-3-13(8)9(7)14;10-7-1-2-12-8(3-7)11-4-6(5-13)9(12)14;1-2-4-5-3-1;/h2-5H,1H3;1-4,13H,5H2;1-4H2;1H4. The highest BCUT2D eigenvalue weighted by Crippen LogP contribution is 2.11. The second kappa shape index (κ2) is 14.0. The topological polar surface area (TPSA) is 124 Å². The zero-order valence-electron chi connectivity index (χ0n) is 18.7. The van der Waals surface area contributed by atoms with Crippen LogP contribution >= 0.6 is 31.9 Å². The summed E-state index contributed by atoms with van der Waals surface area (Å²) in [7, 11) is 1.22. The van der Waals surface area contributed by atoms with Gasteiger partial charge in [0.1, 0.15) is 16.9 Å². The van der Waals surface area contributed by atoms with Crippen molar-refractivity contribution in [2.75, 3.05) is 20.3 Å². The summed E-state index contributed by atoms with van der Waals surface area (Å²) in [5, 5.41) is 8.87. The molecule has 0 aromatic carbocycles. The Morgan fingerprint density at radius 3 is 2.00 bits per heavy atom. The highest BCUT2D eigenvalue weighted by molar-refractivity contribution is 9.10. The van der Waals surface area contributed by atoms with Crippen molar-refractivity contribution in [3.05, 3.63) is 89.8 Å². The number of ether oxygens (including phenoxy) is 2. The van der Waals surface area contributed by atoms with Crippen LogP contribution in [0.3, 0.4) is 0 Å². The number of aromatic nitrogens is 4. The number of esters is 1. The summed E-state index contributed by atoms with van der Waals surface area (Å²) in [5.74, 6) is -0.685. The summed E-state index contributed by atoms with van der Waals surface area (Å²) in [4.78, 5) is 42.8. The van der Waals surface area contributed by atoms with Crippen molar-refractivity contribution in [2.45, 2.75) is 26.9 Å². The van der Waals surface area contributed by atoms with Gasteiger partial charge in [-0.25, -0.2) is 14.8 Å². The van der Waals surface area contributed by atoms with Gasteiger partial charge >= 0.3 is 5.97 Å². The van der Waals surface area contributed by atoms with E-state index in [4.69, 9.17) is 9.84 Å². The van der Waals surface area contributed by atoms with E-state index in [1.54, 1.807) is 36.7 Å². The molecule has 0 atom stereocenters. The first-order valence-corrected chi connectivity index (χ1v) is 12.0. The van der Waals surface area contributed by atoms with Crippen molar-refractivity contribution >= 4 is 49.1 Å². The normalized spacial score (nSPS) is 12.1. The number of nitrogens with zero attached hydrogens (tertiary/aromatic N) is 4. The number of aliphatic hydroxyl groups is 1. The van der Waals surface area contributed by atoms with Gasteiger partial charge in [-0.15, -0.1) is 0 Å². The Labute approximate surface area is 223 Å². The zero-order chi connectivity index (χ0) is 25.4. The van der Waals surface area contributed by atoms with Gasteiger partial charge in [-0.2, -0.15) is 0 Å². The van der Waals surface area contributed by atoms with Gasteiger partial charge in [-0.05, 0) is 37.1 Å². The van der Waals surface area contributed by atoms with E-state index in [0.717, 1.165) is 22.2 Å². The molecule has 4 aromatic rings. The van der Waals surface area contributed by atoms with Crippen molar-refractivity contribution in [2.24, 2.45) is 0 Å². The lowest BCUT2D eigenvalue weighted by Gasteiger charge is -2.02. The number of fused-ring (bicyclic) bond motifs is 2. The Morgan fingerprint density at radius 2 is 1.53 bits per heavy atom. The number of pyridine rings is 2. The monoisotopic (exact) mass is 624 g/mol. The molecule has 0 aliphatic carbocycles. The highest BCUT2D eigenvalue weighted by atomic mass is 79.9. The predicted octanol–water partition coefficient (Wildman–Crippen LogP) is 3.63. The van der Waals surface area contributed by atoms with Crippen LogP contribution < -0.4 is 11.1 Å². The number of hydrogen-bond donors (Lipinski definition) is 1. The fourth-order valence-electron chi connectivity index (χ4n) is 3.01. The molecule has 5 heterocycles. The first-order chi connectivity index (χ1) is 16.8. The number of carbonyl (C=O) groups is 1. The molecular weight excluding hydrogens is 600 g/mol. The van der Waals surface area contributed by atoms with Crippen molar-refractivity contribution in [1.82, 2.24) is 18.8 Å². The maximum atomic E-state index is 11.8. The van der Waals surface area contributed by atoms with Crippen molar-refractivity contribution in [3.8, 4) is 0 Å². The summed E-state index contributed by atoms with van der Waals surface area (Å²) < 4.78 is 13.8. The van der Waals surface area contributed by atoms with Crippen LogP contribution in [0.1, 0.15) is 36.2 Å². The van der Waals surface area contributed by atoms with Gasteiger partial charge in [0.15, 0.2) is 0 Å². The van der Waals surface area contributed by atoms with E-state index in [0.29, 0.717) is 16.9 Å². The molecule has 0 radical (unpaired) electrons. The molecule has 192 valence electrons. The predicted molar refractivity (Wildman–Crippen MR) is 142 cm³/mol. The second-order valence-electron chi connectivity index (χ2n) is 7.18. The number of halogens is 2. The first kappa shape index (κ1) is 29.3. The van der Waals surface area contributed by atoms with Gasteiger partial charge in [-0.3, -0.25) is 18.4 Å². The van der Waals surface area contributed by atoms with Crippen LogP contribution in [0.15, 0.2) is 67.6 Å². The number of carbonyl (C=O) groups excluding carboxylic acids is 1. The Balaban J connectivity index is 0.000000209. The number of aliphatic hydroxyl groups excluding tert-OH is 1. The van der Waals surface area contributed by atoms with Crippen LogP contribution in [0.2, 0.25) is 0 Å². The molecule has 0 bridgehead atoms. The maximum absolute atomic E-state index is 11.8. The molecule has 12 heteroatoms. The molecule has 10 nitrogen and oxygen atoms in total. The fraction of sp³-hybridized carbons (Fsp3) is 0.292. The van der Waals surface area contributed by atoms with Crippen LogP contribution in [0.25, 0.3) is 11.3 Å². The van der Waals surface area contributed by atoms with E-state index >= 15 is 0 Å². The van der Waals surface area contributed by atoms with Crippen molar-refractivity contribution in [1.29, 1.82) is 0 Å². The van der Waals surface area contributed by atoms with E-state index < -0.39 is 11.5 Å². The van der Waals surface area contributed by atoms with E-state index in [2.05, 4.69) is 46.6 Å². The summed E-state index contributed by atoms with van der Waals surface area (Å²) in [6.45, 7) is 1.71. The van der Waals surface area contributed by atoms with Crippen LogP contribution in [0.5, 0.6) is 0 Å². The van der Waals surface area contributed by atoms with E-state index in [9.17, 15) is 14.4 Å². The van der Waals surface area contributed by atoms with Crippen molar-refractivity contribution in [3.63, 3.8) is 0 Å². The van der Waals surface area contributed by atoms with Gasteiger partial charge < -0.3 is 14.6 Å². The average molecular weight is 626 g/mol. The molecule has 1 aliphatic heterocycles. The third kappa shape index (κ3) is 7.29. The highest BCUT2D eigenvalue weighted by Gasteiger charge is 2.13. The van der Waals surface area contributed by atoms with E-state index in [1.807, 2.05) is 0 Å². The minimum Gasteiger partial charge on any atom is -0.465 e. The van der Waals surface area contributed by atoms with Gasteiger partial charge in [0, 0.05) is 46.9 Å². The molecule has 0 saturated carbocycles. The lowest BCUT2D eigenvalue weighted by atomic mass is 10.3. The molecule has 1 aliphatic rings. The Hall–Kier alpha value is -2.93. The number of rotatable bonds is 2. The molecule has 1 N–H and O–H groups in total. The van der Waals surface area contributed by atoms with Gasteiger partial charge in [-0.1, -0.05) is 39.3 Å². The van der Waals surface area contributed by atoms with Crippen LogP contribution in [0, 0.1) is 0 Å². The third-order valence-corrected chi connectivity index (χ3v) is 5.80. The Bertz CT molecular complexity index is 1440. The lowest BCUT2D eigenvalue weighted by molar-refractivity contribution is 0.0598. The largest absolute Gasteiger partial charge is 0.465 e. The average Bonchev–Trinajstić information content (AvgIpc) is 3.45. The van der Waals surface area contributed by atoms with Crippen molar-refractivity contribution < 1.29 is 19.4 Å². The SMILES string of the molecule is C.C1CCOC1.COC(=O)c1cnc2cc(Br)ccn2c1=O.O=c1c(CO)cnc2cc(Br)ccn12. The molecule has 4 aromatic heterocycles. The molecule has 5 rings (SSSR count). The zero-order valence-corrected chi connectivity index (χ0v) is 21.9. The van der Waals surface area contributed by atoms with Gasteiger partial charge in [0.2, 0.25) is 0 Å². The quantitative estimate of drug-likeness (QED) is 0.335. The molecule has 1 fully saturated rings. The summed E-state index contributed by atoms with van der Waals surface area (Å²) >= 11 is 6.56. The number of hydrogen-bond acceptors (Lipinski definition) is 8. The fourth-order valence-corrected chi connectivity index (χ4v) is 3.65.